The van der Waals surface area contributed by atoms with Gasteiger partial charge in [0.2, 0.25) is 0 Å². The lowest BCUT2D eigenvalue weighted by molar-refractivity contribution is 0.264. The third-order valence-corrected chi connectivity index (χ3v) is 1.30. The summed E-state index contributed by atoms with van der Waals surface area (Å²) < 4.78 is 31.7. The summed E-state index contributed by atoms with van der Waals surface area (Å²) >= 11 is 0. The quantitative estimate of drug-likeness (QED) is 0.457. The molecule has 0 saturated heterocycles. The normalized spacial score (nSPS) is 11.8. The van der Waals surface area contributed by atoms with Crippen molar-refractivity contribution >= 4 is 16.1 Å². The standard InChI is InChI=1S/C6H6N2O4S/c9-13(10,11)12-8-7-6-4-2-1-3-5-6/h1-5H,(H,9,10,11). The van der Waals surface area contributed by atoms with Crippen LogP contribution in [0.15, 0.2) is 40.7 Å². The summed E-state index contributed by atoms with van der Waals surface area (Å²) in [4.78, 5) is 0. The summed E-state index contributed by atoms with van der Waals surface area (Å²) in [5, 5.41) is 6.16. The zero-order valence-electron chi connectivity index (χ0n) is 6.36. The topological polar surface area (TPSA) is 88.3 Å². The molecule has 0 atom stereocenters. The number of nitrogens with zero attached hydrogens (tertiary/aromatic N) is 2. The molecule has 0 bridgehead atoms. The van der Waals surface area contributed by atoms with Crippen molar-refractivity contribution in [3.05, 3.63) is 30.3 Å². The van der Waals surface area contributed by atoms with E-state index in [4.69, 9.17) is 4.55 Å². The second-order valence-corrected chi connectivity index (χ2v) is 3.02. The Labute approximate surface area is 74.8 Å². The minimum Gasteiger partial charge on any atom is -0.253 e. The van der Waals surface area contributed by atoms with Gasteiger partial charge in [-0.15, -0.1) is 5.11 Å². The monoisotopic (exact) mass is 202 g/mol. The molecule has 13 heavy (non-hydrogen) atoms. The van der Waals surface area contributed by atoms with Crippen LogP contribution >= 0.6 is 0 Å². The predicted molar refractivity (Wildman–Crippen MR) is 43.6 cm³/mol. The van der Waals surface area contributed by atoms with Crippen molar-refractivity contribution in [1.82, 2.24) is 0 Å². The van der Waals surface area contributed by atoms with Gasteiger partial charge in [0.25, 0.3) is 0 Å². The second kappa shape index (κ2) is 3.97. The Morgan fingerprint density at radius 1 is 1.23 bits per heavy atom. The minimum atomic E-state index is -4.55. The molecule has 0 aromatic heterocycles. The van der Waals surface area contributed by atoms with E-state index in [1.165, 1.54) is 0 Å². The molecule has 0 saturated carbocycles. The molecule has 6 nitrogen and oxygen atoms in total. The Hall–Kier alpha value is -1.47. The van der Waals surface area contributed by atoms with E-state index in [2.05, 4.69) is 14.7 Å². The lowest BCUT2D eigenvalue weighted by Crippen LogP contribution is -1.96. The molecular weight excluding hydrogens is 196 g/mol. The highest BCUT2D eigenvalue weighted by atomic mass is 32.3. The first-order valence-corrected chi connectivity index (χ1v) is 4.56. The first-order valence-electron chi connectivity index (χ1n) is 3.20. The third-order valence-electron chi connectivity index (χ3n) is 1.04. The number of rotatable bonds is 3. The van der Waals surface area contributed by atoms with Gasteiger partial charge >= 0.3 is 10.4 Å². The number of hydrogen-bond donors (Lipinski definition) is 1. The Kier molecular flexibility index (Phi) is 2.93. The molecule has 0 radical (unpaired) electrons. The van der Waals surface area contributed by atoms with Crippen LogP contribution in [0.2, 0.25) is 0 Å². The van der Waals surface area contributed by atoms with Crippen LogP contribution in [0.3, 0.4) is 0 Å². The fourth-order valence-corrected chi connectivity index (χ4v) is 0.718. The molecule has 0 aliphatic carbocycles. The molecule has 0 amide bonds. The molecule has 1 rings (SSSR count). The molecule has 0 unspecified atom stereocenters. The van der Waals surface area contributed by atoms with Gasteiger partial charge < -0.3 is 0 Å². The van der Waals surface area contributed by atoms with Gasteiger partial charge in [-0.25, -0.2) is 4.28 Å². The molecular formula is C6H6N2O4S. The van der Waals surface area contributed by atoms with Gasteiger partial charge in [0.15, 0.2) is 0 Å². The molecule has 0 fully saturated rings. The maximum absolute atomic E-state index is 10.0. The van der Waals surface area contributed by atoms with Crippen molar-refractivity contribution < 1.29 is 17.3 Å². The van der Waals surface area contributed by atoms with Crippen molar-refractivity contribution in [2.24, 2.45) is 10.4 Å². The SMILES string of the molecule is O=S(=O)(O)ON=Nc1ccccc1. The smallest absolute Gasteiger partial charge is 0.253 e. The molecule has 0 heterocycles. The molecule has 7 heteroatoms. The summed E-state index contributed by atoms with van der Waals surface area (Å²) in [6, 6.07) is 8.35. The Morgan fingerprint density at radius 3 is 2.38 bits per heavy atom. The molecule has 70 valence electrons. The second-order valence-electron chi connectivity index (χ2n) is 2.02. The van der Waals surface area contributed by atoms with Gasteiger partial charge in [0, 0.05) is 5.28 Å². The Morgan fingerprint density at radius 2 is 1.85 bits per heavy atom. The van der Waals surface area contributed by atoms with Crippen molar-refractivity contribution in [3.63, 3.8) is 0 Å². The van der Waals surface area contributed by atoms with Crippen LogP contribution < -0.4 is 0 Å². The summed E-state index contributed by atoms with van der Waals surface area (Å²) in [7, 11) is -4.55. The van der Waals surface area contributed by atoms with Crippen molar-refractivity contribution in [2.45, 2.75) is 0 Å². The lowest BCUT2D eigenvalue weighted by Gasteiger charge is -1.89. The van der Waals surface area contributed by atoms with Gasteiger partial charge in [0.1, 0.15) is 0 Å². The molecule has 1 N–H and O–H groups in total. The summed E-state index contributed by atoms with van der Waals surface area (Å²) in [6.07, 6.45) is 0. The highest BCUT2D eigenvalue weighted by Crippen LogP contribution is 2.10. The average molecular weight is 202 g/mol. The zero-order valence-corrected chi connectivity index (χ0v) is 7.18. The average Bonchev–Trinajstić information content (AvgIpc) is 2.04. The van der Waals surface area contributed by atoms with Crippen LogP contribution in [-0.4, -0.2) is 13.0 Å². The van der Waals surface area contributed by atoms with Gasteiger partial charge in [-0.2, -0.15) is 8.42 Å². The van der Waals surface area contributed by atoms with Crippen LogP contribution in [0.4, 0.5) is 5.69 Å². The van der Waals surface area contributed by atoms with E-state index in [-0.39, 0.29) is 0 Å². The van der Waals surface area contributed by atoms with Gasteiger partial charge in [-0.3, -0.25) is 4.55 Å². The van der Waals surface area contributed by atoms with Crippen LogP contribution in [0.1, 0.15) is 0 Å². The van der Waals surface area contributed by atoms with Crippen LogP contribution in [0, 0.1) is 0 Å². The molecule has 1 aromatic carbocycles. The zero-order chi connectivity index (χ0) is 9.73. The van der Waals surface area contributed by atoms with Crippen molar-refractivity contribution in [3.8, 4) is 0 Å². The van der Waals surface area contributed by atoms with Crippen LogP contribution in [0.5, 0.6) is 0 Å². The maximum atomic E-state index is 10.0. The van der Waals surface area contributed by atoms with Gasteiger partial charge in [0.05, 0.1) is 5.69 Å². The third kappa shape index (κ3) is 4.19. The fourth-order valence-electron chi connectivity index (χ4n) is 0.601. The predicted octanol–water partition coefficient (Wildman–Crippen LogP) is 1.50. The maximum Gasteiger partial charge on any atom is 0.467 e. The summed E-state index contributed by atoms with van der Waals surface area (Å²) in [5.74, 6) is 0. The van der Waals surface area contributed by atoms with Gasteiger partial charge in [-0.05, 0) is 12.1 Å². The fraction of sp³-hybridized carbons (Fsp3) is 0. The molecule has 0 aliphatic heterocycles. The van der Waals surface area contributed by atoms with Gasteiger partial charge in [-0.1, -0.05) is 18.2 Å². The summed E-state index contributed by atoms with van der Waals surface area (Å²) in [6.45, 7) is 0. The first-order chi connectivity index (χ1) is 6.08. The van der Waals surface area contributed by atoms with Crippen LogP contribution in [-0.2, 0) is 14.7 Å². The Bertz CT molecular complexity index is 386. The number of hydrogen-bond acceptors (Lipinski definition) is 5. The molecule has 0 aliphatic rings. The van der Waals surface area contributed by atoms with Crippen LogP contribution in [0.25, 0.3) is 0 Å². The minimum absolute atomic E-state index is 0.422. The highest BCUT2D eigenvalue weighted by molar-refractivity contribution is 7.80. The highest BCUT2D eigenvalue weighted by Gasteiger charge is 2.01. The molecule has 1 aromatic rings. The van der Waals surface area contributed by atoms with E-state index in [0.29, 0.717) is 5.69 Å². The first kappa shape index (κ1) is 9.62. The van der Waals surface area contributed by atoms with E-state index >= 15 is 0 Å². The van der Waals surface area contributed by atoms with E-state index < -0.39 is 10.4 Å². The van der Waals surface area contributed by atoms with Crippen molar-refractivity contribution in [1.29, 1.82) is 0 Å². The lowest BCUT2D eigenvalue weighted by atomic mass is 10.3. The molecule has 0 spiro atoms. The van der Waals surface area contributed by atoms with E-state index in [1.54, 1.807) is 30.3 Å². The van der Waals surface area contributed by atoms with E-state index in [9.17, 15) is 8.42 Å². The number of benzene rings is 1. The van der Waals surface area contributed by atoms with E-state index in [0.717, 1.165) is 0 Å². The Balaban J connectivity index is 2.61. The summed E-state index contributed by atoms with van der Waals surface area (Å²) in [5.41, 5.74) is 0.422. The van der Waals surface area contributed by atoms with Crippen molar-refractivity contribution in [2.75, 3.05) is 0 Å². The van der Waals surface area contributed by atoms with E-state index in [1.807, 2.05) is 0 Å². The largest absolute Gasteiger partial charge is 0.467 e.